The van der Waals surface area contributed by atoms with E-state index < -0.39 is 41.8 Å². The molecule has 0 aliphatic carbocycles. The predicted molar refractivity (Wildman–Crippen MR) is 60.5 cm³/mol. The lowest BCUT2D eigenvalue weighted by atomic mass is 10.3. The summed E-state index contributed by atoms with van der Waals surface area (Å²) in [6.07, 6.45) is -5.37. The molecule has 0 aromatic carbocycles. The van der Waals surface area contributed by atoms with Crippen LogP contribution < -0.4 is 11.3 Å². The van der Waals surface area contributed by atoms with Crippen molar-refractivity contribution < 1.29 is 27.5 Å². The summed E-state index contributed by atoms with van der Waals surface area (Å²) in [5.74, 6) is -1.95. The van der Waals surface area contributed by atoms with Crippen LogP contribution in [0.4, 0.5) is 13.2 Å². The number of primary amides is 1. The molecule has 1 amide bonds. The molecular formula is C11H11F3N2O4. The molecule has 0 radical (unpaired) electrons. The summed E-state index contributed by atoms with van der Waals surface area (Å²) in [6.45, 7) is 0.454. The van der Waals surface area contributed by atoms with Crippen molar-refractivity contribution in [2.45, 2.75) is 25.7 Å². The Bertz CT molecular complexity index is 580. The first kappa shape index (κ1) is 15.7. The molecule has 1 rings (SSSR count). The molecule has 0 bridgehead atoms. The summed E-state index contributed by atoms with van der Waals surface area (Å²) < 4.78 is 42.5. The number of esters is 1. The highest BCUT2D eigenvalue weighted by atomic mass is 19.4. The SMILES string of the molecule is C[C@@H](OC(=O)Cn1cc(C(F)(F)F)ccc1=O)C(N)=O. The summed E-state index contributed by atoms with van der Waals surface area (Å²) in [5.41, 5.74) is 2.98. The first-order valence-electron chi connectivity index (χ1n) is 5.37. The lowest BCUT2D eigenvalue weighted by molar-refractivity contribution is -0.154. The van der Waals surface area contributed by atoms with Crippen molar-refractivity contribution in [3.05, 3.63) is 34.2 Å². The topological polar surface area (TPSA) is 91.4 Å². The van der Waals surface area contributed by atoms with Gasteiger partial charge in [-0.2, -0.15) is 13.2 Å². The number of nitrogens with zero attached hydrogens (tertiary/aromatic N) is 1. The molecule has 6 nitrogen and oxygen atoms in total. The number of ether oxygens (including phenoxy) is 1. The zero-order valence-corrected chi connectivity index (χ0v) is 10.3. The quantitative estimate of drug-likeness (QED) is 0.807. The smallest absolute Gasteiger partial charge is 0.417 e. The molecule has 1 aromatic rings. The molecule has 1 aromatic heterocycles. The normalized spacial score (nSPS) is 12.8. The van der Waals surface area contributed by atoms with Gasteiger partial charge in [0.2, 0.25) is 0 Å². The van der Waals surface area contributed by atoms with Crippen LogP contribution in [0.1, 0.15) is 12.5 Å². The molecule has 0 aliphatic heterocycles. The van der Waals surface area contributed by atoms with Crippen molar-refractivity contribution >= 4 is 11.9 Å². The Hall–Kier alpha value is -2.32. The minimum atomic E-state index is -4.64. The van der Waals surface area contributed by atoms with E-state index in [1.165, 1.54) is 6.92 Å². The minimum absolute atomic E-state index is 0.499. The molecule has 1 atom stereocenters. The number of halogens is 3. The Morgan fingerprint density at radius 1 is 1.40 bits per heavy atom. The van der Waals surface area contributed by atoms with Crippen LogP contribution in [-0.4, -0.2) is 22.5 Å². The third kappa shape index (κ3) is 4.11. The van der Waals surface area contributed by atoms with Crippen molar-refractivity contribution in [2.75, 3.05) is 0 Å². The maximum Gasteiger partial charge on any atom is 0.417 e. The summed E-state index contributed by atoms with van der Waals surface area (Å²) in [7, 11) is 0. The molecule has 2 N–H and O–H groups in total. The van der Waals surface area contributed by atoms with Gasteiger partial charge in [-0.3, -0.25) is 14.4 Å². The number of rotatable bonds is 4. The van der Waals surface area contributed by atoms with Crippen molar-refractivity contribution in [1.82, 2.24) is 4.57 Å². The number of nitrogens with two attached hydrogens (primary N) is 1. The van der Waals surface area contributed by atoms with Crippen LogP contribution in [0.15, 0.2) is 23.1 Å². The molecule has 9 heteroatoms. The molecule has 0 saturated carbocycles. The van der Waals surface area contributed by atoms with Crippen LogP contribution in [0.25, 0.3) is 0 Å². The lowest BCUT2D eigenvalue weighted by Gasteiger charge is -2.12. The Balaban J connectivity index is 2.90. The Morgan fingerprint density at radius 3 is 2.50 bits per heavy atom. The number of carbonyl (C=O) groups is 2. The lowest BCUT2D eigenvalue weighted by Crippen LogP contribution is -2.33. The molecule has 0 fully saturated rings. The molecule has 110 valence electrons. The number of carbonyl (C=O) groups excluding carboxylic acids is 2. The van der Waals surface area contributed by atoms with Gasteiger partial charge < -0.3 is 15.0 Å². The Labute approximate surface area is 110 Å². The summed E-state index contributed by atoms with van der Waals surface area (Å²) in [5, 5.41) is 0. The minimum Gasteiger partial charge on any atom is -0.451 e. The molecule has 0 saturated heterocycles. The number of amides is 1. The van der Waals surface area contributed by atoms with Gasteiger partial charge >= 0.3 is 12.1 Å². The van der Waals surface area contributed by atoms with Gasteiger partial charge in [0.25, 0.3) is 11.5 Å². The highest BCUT2D eigenvalue weighted by Crippen LogP contribution is 2.27. The average Bonchev–Trinajstić information content (AvgIpc) is 2.30. The fourth-order valence-corrected chi connectivity index (χ4v) is 1.25. The largest absolute Gasteiger partial charge is 0.451 e. The van der Waals surface area contributed by atoms with Crippen molar-refractivity contribution in [3.63, 3.8) is 0 Å². The van der Waals surface area contributed by atoms with Crippen molar-refractivity contribution in [2.24, 2.45) is 5.73 Å². The van der Waals surface area contributed by atoms with Crippen LogP contribution in [0.3, 0.4) is 0 Å². The summed E-state index contributed by atoms with van der Waals surface area (Å²) in [6, 6.07) is 1.30. The first-order valence-corrected chi connectivity index (χ1v) is 5.37. The maximum absolute atomic E-state index is 12.5. The number of aromatic nitrogens is 1. The fraction of sp³-hybridized carbons (Fsp3) is 0.364. The zero-order valence-electron chi connectivity index (χ0n) is 10.3. The van der Waals surface area contributed by atoms with E-state index in [2.05, 4.69) is 4.74 Å². The van der Waals surface area contributed by atoms with Gasteiger partial charge in [-0.15, -0.1) is 0 Å². The second kappa shape index (κ2) is 5.76. The monoisotopic (exact) mass is 292 g/mol. The van der Waals surface area contributed by atoms with E-state index in [0.717, 1.165) is 0 Å². The average molecular weight is 292 g/mol. The van der Waals surface area contributed by atoms with Crippen LogP contribution in [0.2, 0.25) is 0 Å². The van der Waals surface area contributed by atoms with Crippen LogP contribution >= 0.6 is 0 Å². The second-order valence-electron chi connectivity index (χ2n) is 3.92. The van der Waals surface area contributed by atoms with Crippen molar-refractivity contribution in [1.29, 1.82) is 0 Å². The number of hydrogen-bond acceptors (Lipinski definition) is 4. The van der Waals surface area contributed by atoms with E-state index in [0.29, 0.717) is 22.9 Å². The predicted octanol–water partition coefficient (Wildman–Crippen LogP) is 0.284. The van der Waals surface area contributed by atoms with E-state index >= 15 is 0 Å². The highest BCUT2D eigenvalue weighted by molar-refractivity contribution is 5.81. The van der Waals surface area contributed by atoms with Gasteiger partial charge in [0.1, 0.15) is 6.54 Å². The molecule has 20 heavy (non-hydrogen) atoms. The Morgan fingerprint density at radius 2 is 2.00 bits per heavy atom. The third-order valence-electron chi connectivity index (χ3n) is 2.32. The van der Waals surface area contributed by atoms with Gasteiger partial charge in [0.05, 0.1) is 5.56 Å². The molecule has 0 unspecified atom stereocenters. The maximum atomic E-state index is 12.5. The van der Waals surface area contributed by atoms with Crippen LogP contribution in [0.5, 0.6) is 0 Å². The number of hydrogen-bond donors (Lipinski definition) is 1. The fourth-order valence-electron chi connectivity index (χ4n) is 1.25. The number of pyridine rings is 1. The van der Waals surface area contributed by atoms with E-state index in [9.17, 15) is 27.6 Å². The summed E-state index contributed by atoms with van der Waals surface area (Å²) >= 11 is 0. The van der Waals surface area contributed by atoms with E-state index in [-0.39, 0.29) is 0 Å². The standard InChI is InChI=1S/C11H11F3N2O4/c1-6(10(15)19)20-9(18)5-16-4-7(11(12,13)14)2-3-8(16)17/h2-4,6H,5H2,1H3,(H2,15,19)/t6-/m1/s1. The van der Waals surface area contributed by atoms with E-state index in [1.54, 1.807) is 0 Å². The molecule has 0 aliphatic rings. The number of alkyl halides is 3. The van der Waals surface area contributed by atoms with Gasteiger partial charge in [0.15, 0.2) is 6.10 Å². The molecule has 1 heterocycles. The second-order valence-corrected chi connectivity index (χ2v) is 3.92. The third-order valence-corrected chi connectivity index (χ3v) is 2.32. The van der Waals surface area contributed by atoms with E-state index in [1.807, 2.05) is 0 Å². The Kier molecular flexibility index (Phi) is 4.53. The van der Waals surface area contributed by atoms with Gasteiger partial charge in [-0.05, 0) is 13.0 Å². The first-order chi connectivity index (χ1) is 9.11. The van der Waals surface area contributed by atoms with Crippen LogP contribution in [0, 0.1) is 0 Å². The molecular weight excluding hydrogens is 281 g/mol. The van der Waals surface area contributed by atoms with Crippen molar-refractivity contribution in [3.8, 4) is 0 Å². The highest BCUT2D eigenvalue weighted by Gasteiger charge is 2.31. The van der Waals surface area contributed by atoms with Gasteiger partial charge in [-0.25, -0.2) is 0 Å². The van der Waals surface area contributed by atoms with Gasteiger partial charge in [0, 0.05) is 12.3 Å². The van der Waals surface area contributed by atoms with E-state index in [4.69, 9.17) is 5.73 Å². The zero-order chi connectivity index (χ0) is 15.5. The van der Waals surface area contributed by atoms with Crippen LogP contribution in [-0.2, 0) is 27.0 Å². The van der Waals surface area contributed by atoms with Gasteiger partial charge in [-0.1, -0.05) is 0 Å². The molecule has 0 spiro atoms. The summed E-state index contributed by atoms with van der Waals surface area (Å²) in [4.78, 5) is 33.4.